The first-order valence-corrected chi connectivity index (χ1v) is 4.91. The van der Waals surface area contributed by atoms with Crippen LogP contribution in [0.25, 0.3) is 0 Å². The standard InChI is InChI=1S/C9H12NO2P/c1-8(7-11)10-13-12-9-5-3-2-4-6-9/h2-8,10,13H,1H3. The summed E-state index contributed by atoms with van der Waals surface area (Å²) in [6.07, 6.45) is 0.849. The molecule has 2 atom stereocenters. The Hall–Kier alpha value is -0.920. The molecule has 1 rings (SSSR count). The number of hydrogen-bond donors (Lipinski definition) is 1. The maximum atomic E-state index is 10.2. The second kappa shape index (κ2) is 5.68. The minimum Gasteiger partial charge on any atom is -0.461 e. The van der Waals surface area contributed by atoms with Crippen LogP contribution in [0.1, 0.15) is 6.92 Å². The Kier molecular flexibility index (Phi) is 4.44. The van der Waals surface area contributed by atoms with Gasteiger partial charge in [-0.1, -0.05) is 18.2 Å². The summed E-state index contributed by atoms with van der Waals surface area (Å²) in [7, 11) is 0.116. The second-order valence-corrected chi connectivity index (χ2v) is 3.28. The molecule has 0 aromatic heterocycles. The fourth-order valence-electron chi connectivity index (χ4n) is 0.704. The fourth-order valence-corrected chi connectivity index (χ4v) is 1.27. The average molecular weight is 197 g/mol. The molecule has 4 heteroatoms. The minimum absolute atomic E-state index is 0.116. The van der Waals surface area contributed by atoms with Gasteiger partial charge in [0.1, 0.15) is 21.0 Å². The van der Waals surface area contributed by atoms with E-state index in [2.05, 4.69) is 5.09 Å². The Morgan fingerprint density at radius 1 is 1.46 bits per heavy atom. The van der Waals surface area contributed by atoms with Gasteiger partial charge in [0.15, 0.2) is 0 Å². The third-order valence-electron chi connectivity index (χ3n) is 1.40. The van der Waals surface area contributed by atoms with Crippen molar-refractivity contribution < 1.29 is 9.32 Å². The molecule has 0 spiro atoms. The van der Waals surface area contributed by atoms with Gasteiger partial charge in [0.25, 0.3) is 0 Å². The van der Waals surface area contributed by atoms with Crippen LogP contribution in [0.15, 0.2) is 30.3 Å². The molecule has 2 unspecified atom stereocenters. The summed E-state index contributed by atoms with van der Waals surface area (Å²) >= 11 is 0. The normalized spacial score (nSPS) is 13.0. The quantitative estimate of drug-likeness (QED) is 0.577. The third-order valence-corrected chi connectivity index (χ3v) is 2.31. The van der Waals surface area contributed by atoms with Gasteiger partial charge in [0.05, 0.1) is 6.04 Å². The summed E-state index contributed by atoms with van der Waals surface area (Å²) < 4.78 is 5.34. The number of aldehydes is 1. The van der Waals surface area contributed by atoms with Crippen LogP contribution in [0.2, 0.25) is 0 Å². The first-order chi connectivity index (χ1) is 6.33. The van der Waals surface area contributed by atoms with Crippen LogP contribution in [-0.4, -0.2) is 12.3 Å². The largest absolute Gasteiger partial charge is 0.461 e. The number of hydrogen-bond acceptors (Lipinski definition) is 3. The number of carbonyl (C=O) groups excluding carboxylic acids is 1. The number of benzene rings is 1. The lowest BCUT2D eigenvalue weighted by molar-refractivity contribution is -0.108. The molecule has 70 valence electrons. The van der Waals surface area contributed by atoms with E-state index in [1.807, 2.05) is 30.3 Å². The summed E-state index contributed by atoms with van der Waals surface area (Å²) in [4.78, 5) is 10.2. The first-order valence-electron chi connectivity index (χ1n) is 4.00. The molecule has 3 nitrogen and oxygen atoms in total. The Bertz CT molecular complexity index is 253. The molecule has 13 heavy (non-hydrogen) atoms. The lowest BCUT2D eigenvalue weighted by Crippen LogP contribution is -2.19. The van der Waals surface area contributed by atoms with Gasteiger partial charge in [-0.25, -0.2) is 0 Å². The van der Waals surface area contributed by atoms with Crippen molar-refractivity contribution in [3.05, 3.63) is 30.3 Å². The second-order valence-electron chi connectivity index (χ2n) is 2.59. The van der Waals surface area contributed by atoms with Crippen LogP contribution in [0, 0.1) is 0 Å². The van der Waals surface area contributed by atoms with Crippen LogP contribution in [0.4, 0.5) is 0 Å². The SMILES string of the molecule is CC(C=O)NPOc1ccccc1. The van der Waals surface area contributed by atoms with Crippen molar-refractivity contribution >= 4 is 15.2 Å². The highest BCUT2D eigenvalue weighted by Crippen LogP contribution is 2.16. The van der Waals surface area contributed by atoms with Crippen LogP contribution >= 0.6 is 8.96 Å². The minimum atomic E-state index is -0.151. The predicted octanol–water partition coefficient (Wildman–Crippen LogP) is 1.75. The van der Waals surface area contributed by atoms with Crippen molar-refractivity contribution in [2.75, 3.05) is 0 Å². The summed E-state index contributed by atoms with van der Waals surface area (Å²) in [5.74, 6) is 0.812. The first kappa shape index (κ1) is 10.2. The Balaban J connectivity index is 2.24. The van der Waals surface area contributed by atoms with Gasteiger partial charge in [0.2, 0.25) is 0 Å². The van der Waals surface area contributed by atoms with Gasteiger partial charge < -0.3 is 9.32 Å². The zero-order valence-corrected chi connectivity index (χ0v) is 8.36. The number of rotatable bonds is 5. The van der Waals surface area contributed by atoms with Crippen molar-refractivity contribution in [1.29, 1.82) is 0 Å². The summed E-state index contributed by atoms with van der Waals surface area (Å²) in [5.41, 5.74) is 0. The predicted molar refractivity (Wildman–Crippen MR) is 54.0 cm³/mol. The van der Waals surface area contributed by atoms with Gasteiger partial charge in [0, 0.05) is 0 Å². The van der Waals surface area contributed by atoms with E-state index in [4.69, 9.17) is 4.52 Å². The molecule has 0 radical (unpaired) electrons. The number of nitrogens with one attached hydrogen (secondary N) is 1. The molecule has 0 fully saturated rings. The lowest BCUT2D eigenvalue weighted by Gasteiger charge is -2.07. The van der Waals surface area contributed by atoms with Gasteiger partial charge in [-0.2, -0.15) is 0 Å². The highest BCUT2D eigenvalue weighted by molar-refractivity contribution is 7.30. The molecular weight excluding hydrogens is 185 g/mol. The molecule has 0 aliphatic carbocycles. The van der Waals surface area contributed by atoms with E-state index < -0.39 is 0 Å². The van der Waals surface area contributed by atoms with Gasteiger partial charge in [-0.05, 0) is 19.1 Å². The topological polar surface area (TPSA) is 38.3 Å². The number of carbonyl (C=O) groups is 1. The molecule has 0 aliphatic heterocycles. The van der Waals surface area contributed by atoms with E-state index in [-0.39, 0.29) is 15.0 Å². The van der Waals surface area contributed by atoms with Crippen molar-refractivity contribution in [3.8, 4) is 5.75 Å². The molecule has 0 amide bonds. The zero-order valence-electron chi connectivity index (χ0n) is 7.36. The van der Waals surface area contributed by atoms with Crippen molar-refractivity contribution in [3.63, 3.8) is 0 Å². The van der Waals surface area contributed by atoms with Gasteiger partial charge in [-0.3, -0.25) is 5.09 Å². The summed E-state index contributed by atoms with van der Waals surface area (Å²) in [6, 6.07) is 9.34. The van der Waals surface area contributed by atoms with E-state index in [1.165, 1.54) is 0 Å². The highest BCUT2D eigenvalue weighted by Gasteiger charge is 1.97. The van der Waals surface area contributed by atoms with Gasteiger partial charge in [-0.15, -0.1) is 0 Å². The van der Waals surface area contributed by atoms with Crippen molar-refractivity contribution in [2.45, 2.75) is 13.0 Å². The van der Waals surface area contributed by atoms with E-state index >= 15 is 0 Å². The van der Waals surface area contributed by atoms with Crippen molar-refractivity contribution in [1.82, 2.24) is 5.09 Å². The zero-order chi connectivity index (χ0) is 9.52. The summed E-state index contributed by atoms with van der Waals surface area (Å²) in [5, 5.41) is 2.92. The van der Waals surface area contributed by atoms with E-state index in [1.54, 1.807) is 6.92 Å². The highest BCUT2D eigenvalue weighted by atomic mass is 31.1. The average Bonchev–Trinajstić information content (AvgIpc) is 2.19. The van der Waals surface area contributed by atoms with E-state index in [0.717, 1.165) is 12.0 Å². The Morgan fingerprint density at radius 2 is 2.15 bits per heavy atom. The maximum Gasteiger partial charge on any atom is 0.147 e. The van der Waals surface area contributed by atoms with Crippen LogP contribution in [0.5, 0.6) is 5.75 Å². The molecule has 0 saturated carbocycles. The number of para-hydroxylation sites is 1. The van der Waals surface area contributed by atoms with Crippen molar-refractivity contribution in [2.24, 2.45) is 0 Å². The third kappa shape index (κ3) is 4.02. The summed E-state index contributed by atoms with van der Waals surface area (Å²) in [6.45, 7) is 1.79. The fraction of sp³-hybridized carbons (Fsp3) is 0.222. The molecule has 1 aromatic carbocycles. The molecule has 0 heterocycles. The van der Waals surface area contributed by atoms with E-state index in [0.29, 0.717) is 0 Å². The van der Waals surface area contributed by atoms with Gasteiger partial charge >= 0.3 is 0 Å². The maximum absolute atomic E-state index is 10.2. The van der Waals surface area contributed by atoms with Crippen LogP contribution in [0.3, 0.4) is 0 Å². The monoisotopic (exact) mass is 197 g/mol. The Morgan fingerprint density at radius 3 is 2.77 bits per heavy atom. The molecule has 1 N–H and O–H groups in total. The lowest BCUT2D eigenvalue weighted by atomic mass is 10.3. The Labute approximate surface area is 79.4 Å². The molecule has 0 bridgehead atoms. The van der Waals surface area contributed by atoms with Crippen LogP contribution in [-0.2, 0) is 4.79 Å². The molecule has 0 aliphatic rings. The molecule has 0 saturated heterocycles. The van der Waals surface area contributed by atoms with E-state index in [9.17, 15) is 4.79 Å². The molecule has 1 aromatic rings. The smallest absolute Gasteiger partial charge is 0.147 e. The van der Waals surface area contributed by atoms with Crippen LogP contribution < -0.4 is 9.61 Å². The molecular formula is C9H12NO2P.